The number of alkyl halides is 3. The Morgan fingerprint density at radius 2 is 1.94 bits per heavy atom. The molecule has 1 heterocycles. The minimum atomic E-state index is -4.48. The highest BCUT2D eigenvalue weighted by molar-refractivity contribution is 5.91. The van der Waals surface area contributed by atoms with Crippen LogP contribution in [0, 0.1) is 20.8 Å². The lowest BCUT2D eigenvalue weighted by Gasteiger charge is -2.37. The first-order valence-electron chi connectivity index (χ1n) is 9.97. The molecule has 0 bridgehead atoms. The van der Waals surface area contributed by atoms with E-state index in [9.17, 15) is 23.1 Å². The molecule has 2 N–H and O–H groups in total. The van der Waals surface area contributed by atoms with Crippen molar-refractivity contribution >= 4 is 11.6 Å². The maximum atomic E-state index is 12.8. The molecule has 168 valence electrons. The van der Waals surface area contributed by atoms with Crippen LogP contribution in [0.5, 0.6) is 11.5 Å². The molecule has 0 radical (unpaired) electrons. The molecule has 0 fully saturated rings. The van der Waals surface area contributed by atoms with Gasteiger partial charge >= 0.3 is 6.18 Å². The van der Waals surface area contributed by atoms with E-state index in [1.165, 1.54) is 12.1 Å². The standard InChI is InChI=1S/C23H26F3NO4/c1-13-14(2)21-18(15(3)20(13)29)8-9-22(4,31-21)12-30-11-19(28)27-17-7-5-6-16(10-17)23(24,25)26/h5-7,10,29H,8-9,11-12H2,1-4H3,(H,27,28). The molecule has 1 aliphatic rings. The maximum absolute atomic E-state index is 12.8. The number of amides is 1. The van der Waals surface area contributed by atoms with E-state index in [0.29, 0.717) is 12.8 Å². The van der Waals surface area contributed by atoms with Gasteiger partial charge in [0.2, 0.25) is 5.91 Å². The number of carbonyl (C=O) groups is 1. The largest absolute Gasteiger partial charge is 0.507 e. The van der Waals surface area contributed by atoms with E-state index < -0.39 is 23.2 Å². The average Bonchev–Trinajstić information content (AvgIpc) is 2.70. The summed E-state index contributed by atoms with van der Waals surface area (Å²) in [7, 11) is 0. The number of aromatic hydroxyl groups is 1. The van der Waals surface area contributed by atoms with Gasteiger partial charge in [0.1, 0.15) is 23.7 Å². The molecule has 2 aromatic rings. The minimum absolute atomic E-state index is 0.0545. The first-order chi connectivity index (χ1) is 14.4. The lowest BCUT2D eigenvalue weighted by molar-refractivity contribution is -0.137. The van der Waals surface area contributed by atoms with Crippen molar-refractivity contribution in [3.8, 4) is 11.5 Å². The Morgan fingerprint density at radius 3 is 2.61 bits per heavy atom. The second-order valence-corrected chi connectivity index (χ2v) is 8.20. The third-order valence-electron chi connectivity index (χ3n) is 5.71. The van der Waals surface area contributed by atoms with Gasteiger partial charge in [-0.3, -0.25) is 4.79 Å². The van der Waals surface area contributed by atoms with Crippen molar-refractivity contribution in [2.75, 3.05) is 18.5 Å². The topological polar surface area (TPSA) is 67.8 Å². The number of ether oxygens (including phenoxy) is 2. The molecule has 0 aliphatic carbocycles. The molecular formula is C23H26F3NO4. The normalized spacial score (nSPS) is 18.3. The predicted octanol–water partition coefficient (Wildman–Crippen LogP) is 5.08. The van der Waals surface area contributed by atoms with Crippen LogP contribution in [0.1, 0.15) is 41.2 Å². The fourth-order valence-corrected chi connectivity index (χ4v) is 3.73. The summed E-state index contributed by atoms with van der Waals surface area (Å²) < 4.78 is 50.2. The molecule has 1 amide bonds. The number of anilines is 1. The van der Waals surface area contributed by atoms with Gasteiger partial charge < -0.3 is 19.9 Å². The summed E-state index contributed by atoms with van der Waals surface area (Å²) in [5.41, 5.74) is 1.97. The zero-order valence-electron chi connectivity index (χ0n) is 17.9. The number of hydrogen-bond acceptors (Lipinski definition) is 4. The molecular weight excluding hydrogens is 411 g/mol. The van der Waals surface area contributed by atoms with Gasteiger partial charge in [0.15, 0.2) is 0 Å². The molecule has 31 heavy (non-hydrogen) atoms. The second-order valence-electron chi connectivity index (χ2n) is 8.20. The van der Waals surface area contributed by atoms with Gasteiger partial charge in [-0.15, -0.1) is 0 Å². The first kappa shape index (κ1) is 22.9. The van der Waals surface area contributed by atoms with Crippen molar-refractivity contribution in [3.63, 3.8) is 0 Å². The van der Waals surface area contributed by atoms with Gasteiger partial charge in [0.05, 0.1) is 12.2 Å². The van der Waals surface area contributed by atoms with Crippen LogP contribution in [0.3, 0.4) is 0 Å². The molecule has 0 aromatic heterocycles. The fraction of sp³-hybridized carbons (Fsp3) is 0.435. The Bertz CT molecular complexity index is 1000. The number of nitrogens with one attached hydrogen (secondary N) is 1. The highest BCUT2D eigenvalue weighted by Crippen LogP contribution is 2.43. The van der Waals surface area contributed by atoms with E-state index in [2.05, 4.69) is 5.32 Å². The molecule has 3 rings (SSSR count). The van der Waals surface area contributed by atoms with Crippen molar-refractivity contribution in [3.05, 3.63) is 52.1 Å². The van der Waals surface area contributed by atoms with Crippen LogP contribution in [-0.2, 0) is 22.1 Å². The highest BCUT2D eigenvalue weighted by atomic mass is 19.4. The number of fused-ring (bicyclic) bond motifs is 1. The van der Waals surface area contributed by atoms with E-state index in [0.717, 1.165) is 40.1 Å². The van der Waals surface area contributed by atoms with Gasteiger partial charge in [-0.2, -0.15) is 13.2 Å². The number of rotatable bonds is 5. The van der Waals surface area contributed by atoms with Gasteiger partial charge in [-0.25, -0.2) is 0 Å². The van der Waals surface area contributed by atoms with E-state index in [4.69, 9.17) is 9.47 Å². The maximum Gasteiger partial charge on any atom is 0.416 e. The first-order valence-corrected chi connectivity index (χ1v) is 9.97. The van der Waals surface area contributed by atoms with Crippen LogP contribution in [0.4, 0.5) is 18.9 Å². The molecule has 1 atom stereocenters. The zero-order chi connectivity index (χ0) is 23.0. The third-order valence-corrected chi connectivity index (χ3v) is 5.71. The smallest absolute Gasteiger partial charge is 0.416 e. The molecule has 0 spiro atoms. The molecule has 1 aliphatic heterocycles. The summed E-state index contributed by atoms with van der Waals surface area (Å²) in [5, 5.41) is 12.7. The highest BCUT2D eigenvalue weighted by Gasteiger charge is 2.35. The SMILES string of the molecule is Cc1c(C)c2c(c(C)c1O)CCC(C)(COCC(=O)Nc1cccc(C(F)(F)F)c1)O2. The summed E-state index contributed by atoms with van der Waals surface area (Å²) in [6.45, 7) is 7.30. The number of phenols is 1. The molecule has 0 saturated carbocycles. The quantitative estimate of drug-likeness (QED) is 0.685. The Morgan fingerprint density at radius 1 is 1.23 bits per heavy atom. The summed E-state index contributed by atoms with van der Waals surface area (Å²) in [6.07, 6.45) is -3.14. The molecule has 1 unspecified atom stereocenters. The Kier molecular flexibility index (Phi) is 6.23. The predicted molar refractivity (Wildman–Crippen MR) is 111 cm³/mol. The van der Waals surface area contributed by atoms with Crippen molar-refractivity contribution in [1.82, 2.24) is 0 Å². The van der Waals surface area contributed by atoms with Crippen LogP contribution in [0.25, 0.3) is 0 Å². The Hall–Kier alpha value is -2.74. The number of phenolic OH excluding ortho intramolecular Hbond substituents is 1. The lowest BCUT2D eigenvalue weighted by atomic mass is 9.87. The Balaban J connectivity index is 1.60. The second kappa shape index (κ2) is 8.42. The number of carbonyl (C=O) groups excluding carboxylic acids is 1. The van der Waals surface area contributed by atoms with Crippen molar-refractivity contribution in [2.24, 2.45) is 0 Å². The third kappa shape index (κ3) is 4.95. The van der Waals surface area contributed by atoms with Crippen LogP contribution in [-0.4, -0.2) is 29.8 Å². The van der Waals surface area contributed by atoms with E-state index in [1.807, 2.05) is 27.7 Å². The fourth-order valence-electron chi connectivity index (χ4n) is 3.73. The summed E-state index contributed by atoms with van der Waals surface area (Å²) in [4.78, 5) is 12.1. The van der Waals surface area contributed by atoms with E-state index >= 15 is 0 Å². The summed E-state index contributed by atoms with van der Waals surface area (Å²) >= 11 is 0. The van der Waals surface area contributed by atoms with Crippen LogP contribution in [0.2, 0.25) is 0 Å². The van der Waals surface area contributed by atoms with E-state index in [-0.39, 0.29) is 24.7 Å². The van der Waals surface area contributed by atoms with E-state index in [1.54, 1.807) is 0 Å². The Labute approximate surface area is 179 Å². The monoisotopic (exact) mass is 437 g/mol. The lowest BCUT2D eigenvalue weighted by Crippen LogP contribution is -2.42. The molecule has 2 aromatic carbocycles. The number of benzene rings is 2. The summed E-state index contributed by atoms with van der Waals surface area (Å²) in [5.74, 6) is 0.469. The minimum Gasteiger partial charge on any atom is -0.507 e. The van der Waals surface area contributed by atoms with Gasteiger partial charge in [-0.1, -0.05) is 6.07 Å². The zero-order valence-corrected chi connectivity index (χ0v) is 17.9. The van der Waals surface area contributed by atoms with Crippen LogP contribution < -0.4 is 10.1 Å². The van der Waals surface area contributed by atoms with Crippen molar-refractivity contribution in [2.45, 2.75) is 52.3 Å². The number of halogens is 3. The van der Waals surface area contributed by atoms with Gasteiger partial charge in [0, 0.05) is 11.3 Å². The molecule has 8 heteroatoms. The van der Waals surface area contributed by atoms with Crippen molar-refractivity contribution < 1.29 is 32.5 Å². The van der Waals surface area contributed by atoms with Gasteiger partial charge in [-0.05, 0) is 75.4 Å². The molecule has 0 saturated heterocycles. The van der Waals surface area contributed by atoms with Crippen LogP contribution >= 0.6 is 0 Å². The molecule has 5 nitrogen and oxygen atoms in total. The van der Waals surface area contributed by atoms with Crippen LogP contribution in [0.15, 0.2) is 24.3 Å². The van der Waals surface area contributed by atoms with Gasteiger partial charge in [0.25, 0.3) is 0 Å². The summed E-state index contributed by atoms with van der Waals surface area (Å²) in [6, 6.07) is 4.44. The average molecular weight is 437 g/mol. The number of hydrogen-bond donors (Lipinski definition) is 2. The van der Waals surface area contributed by atoms with Crippen molar-refractivity contribution in [1.29, 1.82) is 0 Å².